The number of benzene rings is 1. The van der Waals surface area contributed by atoms with Gasteiger partial charge >= 0.3 is 0 Å². The van der Waals surface area contributed by atoms with Crippen LogP contribution in [0.15, 0.2) is 42.5 Å². The third-order valence-electron chi connectivity index (χ3n) is 5.02. The van der Waals surface area contributed by atoms with E-state index in [2.05, 4.69) is 29.5 Å². The molecule has 0 unspecified atom stereocenters. The fourth-order valence-electron chi connectivity index (χ4n) is 3.27. The van der Waals surface area contributed by atoms with Gasteiger partial charge in [-0.3, -0.25) is 9.59 Å². The maximum absolute atomic E-state index is 12.9. The monoisotopic (exact) mass is 396 g/mol. The van der Waals surface area contributed by atoms with Crippen LogP contribution in [-0.2, 0) is 11.3 Å². The van der Waals surface area contributed by atoms with E-state index in [-0.39, 0.29) is 18.4 Å². The zero-order chi connectivity index (χ0) is 21.0. The Morgan fingerprint density at radius 2 is 1.90 bits per heavy atom. The highest BCUT2D eigenvalue weighted by Gasteiger charge is 2.35. The number of fused-ring (bicyclic) bond motifs is 1. The molecule has 0 fully saturated rings. The van der Waals surface area contributed by atoms with Crippen molar-refractivity contribution < 1.29 is 14.7 Å². The van der Waals surface area contributed by atoms with E-state index in [1.807, 2.05) is 42.5 Å². The van der Waals surface area contributed by atoms with Gasteiger partial charge in [0.1, 0.15) is 17.6 Å². The average molecular weight is 396 g/mol. The van der Waals surface area contributed by atoms with Crippen molar-refractivity contribution in [3.05, 3.63) is 59.3 Å². The highest BCUT2D eigenvalue weighted by Crippen LogP contribution is 2.25. The molecule has 1 aliphatic rings. The van der Waals surface area contributed by atoms with E-state index in [0.717, 1.165) is 17.7 Å². The van der Waals surface area contributed by atoms with Crippen LogP contribution in [0.4, 0.5) is 5.82 Å². The molecule has 154 valence electrons. The van der Waals surface area contributed by atoms with E-state index < -0.39 is 12.1 Å². The number of pyridine rings is 1. The van der Waals surface area contributed by atoms with Crippen LogP contribution in [0.2, 0.25) is 0 Å². The molecule has 3 rings (SSSR count). The number of anilines is 1. The molecule has 1 aliphatic heterocycles. The highest BCUT2D eigenvalue weighted by atomic mass is 16.3. The first-order chi connectivity index (χ1) is 13.9. The normalized spacial score (nSPS) is 15.2. The van der Waals surface area contributed by atoms with Crippen molar-refractivity contribution in [2.45, 2.75) is 39.4 Å². The molecule has 7 nitrogen and oxygen atoms in total. The van der Waals surface area contributed by atoms with Gasteiger partial charge in [-0.1, -0.05) is 50.2 Å². The molecule has 3 N–H and O–H groups in total. The van der Waals surface area contributed by atoms with Crippen LogP contribution in [0.25, 0.3) is 0 Å². The molecule has 2 amide bonds. The van der Waals surface area contributed by atoms with Gasteiger partial charge in [-0.25, -0.2) is 4.98 Å². The second-order valence-corrected chi connectivity index (χ2v) is 7.74. The van der Waals surface area contributed by atoms with E-state index >= 15 is 0 Å². The van der Waals surface area contributed by atoms with E-state index in [9.17, 15) is 14.7 Å². The standard InChI is InChI=1S/C22H28N4O3/c1-14(2)11-23-19-10-9-17-12-26(22(29)20(17)25-19)15(3)21(28)24-18(13-27)16-7-5-4-6-8-16/h4-10,14-15,18,27H,11-13H2,1-3H3,(H,23,25)(H,24,28)/t15-,18-/m1/s1. The summed E-state index contributed by atoms with van der Waals surface area (Å²) in [5, 5.41) is 15.7. The molecule has 7 heteroatoms. The Hall–Kier alpha value is -2.93. The Kier molecular flexibility index (Phi) is 6.49. The Morgan fingerprint density at radius 1 is 1.17 bits per heavy atom. The lowest BCUT2D eigenvalue weighted by Gasteiger charge is -2.25. The smallest absolute Gasteiger partial charge is 0.273 e. The van der Waals surface area contributed by atoms with E-state index in [1.165, 1.54) is 4.90 Å². The molecule has 0 radical (unpaired) electrons. The third kappa shape index (κ3) is 4.74. The molecule has 0 saturated carbocycles. The molecule has 1 aromatic heterocycles. The number of aliphatic hydroxyl groups is 1. The molecule has 2 heterocycles. The lowest BCUT2D eigenvalue weighted by Crippen LogP contribution is -2.46. The van der Waals surface area contributed by atoms with Gasteiger partial charge in [-0.05, 0) is 24.5 Å². The number of hydrogen-bond acceptors (Lipinski definition) is 5. The summed E-state index contributed by atoms with van der Waals surface area (Å²) in [6.45, 7) is 6.78. The molecule has 0 saturated heterocycles. The van der Waals surface area contributed by atoms with Gasteiger partial charge in [0.15, 0.2) is 0 Å². The predicted octanol–water partition coefficient (Wildman–Crippen LogP) is 2.34. The average Bonchev–Trinajstić information content (AvgIpc) is 3.06. The van der Waals surface area contributed by atoms with Crippen LogP contribution in [0, 0.1) is 5.92 Å². The Labute approximate surface area is 171 Å². The highest BCUT2D eigenvalue weighted by molar-refractivity contribution is 5.99. The fourth-order valence-corrected chi connectivity index (χ4v) is 3.27. The molecular formula is C22H28N4O3. The third-order valence-corrected chi connectivity index (χ3v) is 5.02. The van der Waals surface area contributed by atoms with Gasteiger partial charge in [-0.2, -0.15) is 0 Å². The number of carbonyl (C=O) groups excluding carboxylic acids is 2. The summed E-state index contributed by atoms with van der Waals surface area (Å²) in [5.74, 6) is 0.558. The minimum Gasteiger partial charge on any atom is -0.394 e. The second kappa shape index (κ2) is 9.05. The summed E-state index contributed by atoms with van der Waals surface area (Å²) in [6.07, 6.45) is 0. The van der Waals surface area contributed by atoms with E-state index in [1.54, 1.807) is 6.92 Å². The van der Waals surface area contributed by atoms with Gasteiger partial charge in [-0.15, -0.1) is 0 Å². The molecular weight excluding hydrogens is 368 g/mol. The number of nitrogens with zero attached hydrogens (tertiary/aromatic N) is 2. The molecule has 2 atom stereocenters. The quantitative estimate of drug-likeness (QED) is 0.637. The zero-order valence-corrected chi connectivity index (χ0v) is 17.1. The molecule has 0 bridgehead atoms. The summed E-state index contributed by atoms with van der Waals surface area (Å²) in [4.78, 5) is 31.6. The van der Waals surface area contributed by atoms with Crippen LogP contribution in [0.3, 0.4) is 0 Å². The summed E-state index contributed by atoms with van der Waals surface area (Å²) in [7, 11) is 0. The van der Waals surface area contributed by atoms with Crippen LogP contribution in [-0.4, -0.2) is 46.0 Å². The van der Waals surface area contributed by atoms with Gasteiger partial charge in [0.2, 0.25) is 5.91 Å². The predicted molar refractivity (Wildman–Crippen MR) is 111 cm³/mol. The number of carbonyl (C=O) groups is 2. The number of amides is 2. The lowest BCUT2D eigenvalue weighted by molar-refractivity contribution is -0.126. The van der Waals surface area contributed by atoms with Crippen molar-refractivity contribution in [1.29, 1.82) is 0 Å². The van der Waals surface area contributed by atoms with Gasteiger partial charge in [0, 0.05) is 18.7 Å². The Bertz CT molecular complexity index is 870. The molecule has 2 aromatic rings. The SMILES string of the molecule is CC(C)CNc1ccc2c(n1)C(=O)N([C@H](C)C(=O)N[C@H](CO)c1ccccc1)C2. The summed E-state index contributed by atoms with van der Waals surface area (Å²) in [6, 6.07) is 11.8. The van der Waals surface area contributed by atoms with Gasteiger partial charge in [0.05, 0.1) is 12.6 Å². The largest absolute Gasteiger partial charge is 0.394 e. The minimum absolute atomic E-state index is 0.219. The maximum atomic E-state index is 12.9. The van der Waals surface area contributed by atoms with Gasteiger partial charge in [0.25, 0.3) is 5.91 Å². The summed E-state index contributed by atoms with van der Waals surface area (Å²) < 4.78 is 0. The van der Waals surface area contributed by atoms with Crippen molar-refractivity contribution >= 4 is 17.6 Å². The second-order valence-electron chi connectivity index (χ2n) is 7.74. The van der Waals surface area contributed by atoms with Crippen molar-refractivity contribution in [3.63, 3.8) is 0 Å². The number of aromatic nitrogens is 1. The molecule has 1 aromatic carbocycles. The Balaban J connectivity index is 1.68. The number of nitrogens with one attached hydrogen (secondary N) is 2. The first kappa shape index (κ1) is 20.8. The first-order valence-electron chi connectivity index (χ1n) is 9.91. The Morgan fingerprint density at radius 3 is 2.55 bits per heavy atom. The zero-order valence-electron chi connectivity index (χ0n) is 17.1. The molecule has 0 spiro atoms. The topological polar surface area (TPSA) is 94.6 Å². The summed E-state index contributed by atoms with van der Waals surface area (Å²) >= 11 is 0. The minimum atomic E-state index is -0.679. The molecule has 29 heavy (non-hydrogen) atoms. The van der Waals surface area contributed by atoms with Crippen molar-refractivity contribution in [2.75, 3.05) is 18.5 Å². The van der Waals surface area contributed by atoms with E-state index in [0.29, 0.717) is 24.0 Å². The van der Waals surface area contributed by atoms with Crippen LogP contribution >= 0.6 is 0 Å². The number of hydrogen-bond donors (Lipinski definition) is 3. The lowest BCUT2D eigenvalue weighted by atomic mass is 10.1. The van der Waals surface area contributed by atoms with Crippen molar-refractivity contribution in [2.24, 2.45) is 5.92 Å². The fraction of sp³-hybridized carbons (Fsp3) is 0.409. The van der Waals surface area contributed by atoms with E-state index in [4.69, 9.17) is 0 Å². The van der Waals surface area contributed by atoms with Crippen molar-refractivity contribution in [1.82, 2.24) is 15.2 Å². The number of aliphatic hydroxyl groups excluding tert-OH is 1. The van der Waals surface area contributed by atoms with Crippen LogP contribution < -0.4 is 10.6 Å². The van der Waals surface area contributed by atoms with Crippen molar-refractivity contribution in [3.8, 4) is 0 Å². The van der Waals surface area contributed by atoms with Crippen LogP contribution in [0.1, 0.15) is 48.4 Å². The molecule has 0 aliphatic carbocycles. The van der Waals surface area contributed by atoms with Gasteiger partial charge < -0.3 is 20.6 Å². The number of rotatable bonds is 8. The first-order valence-corrected chi connectivity index (χ1v) is 9.91. The van der Waals surface area contributed by atoms with Crippen LogP contribution in [0.5, 0.6) is 0 Å². The summed E-state index contributed by atoms with van der Waals surface area (Å²) in [5.41, 5.74) is 2.01. The maximum Gasteiger partial charge on any atom is 0.273 e.